The number of carbonyl (C=O) groups is 1. The van der Waals surface area contributed by atoms with Gasteiger partial charge in [-0.1, -0.05) is 12.1 Å². The molecule has 1 heterocycles. The SMILES string of the molecule is CCOc1cc(/C=C2/SC(N)=NC2=O)cc(I)c1OCc1ccc(F)cc1. The Kier molecular flexibility index (Phi) is 6.38. The molecule has 0 bridgehead atoms. The third-order valence-corrected chi connectivity index (χ3v) is 5.18. The number of rotatable bonds is 6. The number of thioether (sulfide) groups is 1. The van der Waals surface area contributed by atoms with Crippen molar-refractivity contribution >= 4 is 51.5 Å². The molecule has 0 aliphatic carbocycles. The number of aliphatic imine (C=N–C) groups is 1. The molecule has 140 valence electrons. The molecule has 2 aromatic carbocycles. The topological polar surface area (TPSA) is 73.9 Å². The molecular weight excluding hydrogens is 482 g/mol. The highest BCUT2D eigenvalue weighted by Gasteiger charge is 2.20. The van der Waals surface area contributed by atoms with E-state index >= 15 is 0 Å². The summed E-state index contributed by atoms with van der Waals surface area (Å²) in [5, 5.41) is 0.241. The third kappa shape index (κ3) is 5.01. The van der Waals surface area contributed by atoms with Crippen molar-refractivity contribution < 1.29 is 18.7 Å². The average Bonchev–Trinajstić information content (AvgIpc) is 2.93. The molecule has 0 spiro atoms. The number of halogens is 2. The van der Waals surface area contributed by atoms with Crippen LogP contribution in [0.5, 0.6) is 11.5 Å². The molecule has 2 N–H and O–H groups in total. The largest absolute Gasteiger partial charge is 0.490 e. The van der Waals surface area contributed by atoms with E-state index in [2.05, 4.69) is 27.6 Å². The van der Waals surface area contributed by atoms with Gasteiger partial charge in [-0.3, -0.25) is 4.79 Å². The molecule has 0 unspecified atom stereocenters. The lowest BCUT2D eigenvalue weighted by Gasteiger charge is -2.15. The molecule has 0 radical (unpaired) electrons. The second-order valence-electron chi connectivity index (χ2n) is 5.54. The zero-order valence-electron chi connectivity index (χ0n) is 14.4. The lowest BCUT2D eigenvalue weighted by molar-refractivity contribution is -0.113. The van der Waals surface area contributed by atoms with Crippen molar-refractivity contribution in [3.63, 3.8) is 0 Å². The number of amidine groups is 1. The van der Waals surface area contributed by atoms with Gasteiger partial charge in [0.2, 0.25) is 0 Å². The number of nitrogens with zero attached hydrogens (tertiary/aromatic N) is 1. The van der Waals surface area contributed by atoms with Crippen LogP contribution in [0, 0.1) is 9.39 Å². The lowest BCUT2D eigenvalue weighted by Crippen LogP contribution is -2.02. The summed E-state index contributed by atoms with van der Waals surface area (Å²) in [4.78, 5) is 16.0. The van der Waals surface area contributed by atoms with Crippen molar-refractivity contribution in [2.45, 2.75) is 13.5 Å². The maximum atomic E-state index is 13.0. The molecule has 2 aromatic rings. The number of hydrogen-bond acceptors (Lipinski definition) is 5. The molecule has 1 aliphatic rings. The molecule has 0 atom stereocenters. The predicted molar refractivity (Wildman–Crippen MR) is 113 cm³/mol. The molecule has 0 saturated heterocycles. The second kappa shape index (κ2) is 8.75. The van der Waals surface area contributed by atoms with E-state index in [1.165, 1.54) is 12.1 Å². The van der Waals surface area contributed by atoms with E-state index in [0.717, 1.165) is 26.5 Å². The van der Waals surface area contributed by atoms with Gasteiger partial charge in [0.1, 0.15) is 12.4 Å². The highest BCUT2D eigenvalue weighted by atomic mass is 127. The Morgan fingerprint density at radius 1 is 1.26 bits per heavy atom. The molecular formula is C19H16FIN2O3S. The van der Waals surface area contributed by atoms with Gasteiger partial charge < -0.3 is 15.2 Å². The van der Waals surface area contributed by atoms with E-state index in [4.69, 9.17) is 15.2 Å². The van der Waals surface area contributed by atoms with E-state index in [0.29, 0.717) is 23.0 Å². The van der Waals surface area contributed by atoms with Crippen LogP contribution < -0.4 is 15.2 Å². The Morgan fingerprint density at radius 3 is 2.63 bits per heavy atom. The minimum absolute atomic E-state index is 0.241. The first-order valence-corrected chi connectivity index (χ1v) is 9.97. The summed E-state index contributed by atoms with van der Waals surface area (Å²) >= 11 is 3.30. The van der Waals surface area contributed by atoms with E-state index < -0.39 is 0 Å². The molecule has 0 fully saturated rings. The van der Waals surface area contributed by atoms with Gasteiger partial charge in [0, 0.05) is 0 Å². The van der Waals surface area contributed by atoms with Gasteiger partial charge in [-0.15, -0.1) is 0 Å². The third-order valence-electron chi connectivity index (χ3n) is 3.56. The predicted octanol–water partition coefficient (Wildman–Crippen LogP) is 4.34. The Hall–Kier alpha value is -2.07. The number of ether oxygens (including phenoxy) is 2. The first kappa shape index (κ1) is 19.7. The Labute approximate surface area is 174 Å². The normalized spacial score (nSPS) is 15.1. The van der Waals surface area contributed by atoms with Crippen molar-refractivity contribution in [2.24, 2.45) is 10.7 Å². The van der Waals surface area contributed by atoms with Gasteiger partial charge in [0.05, 0.1) is 15.1 Å². The maximum Gasteiger partial charge on any atom is 0.286 e. The van der Waals surface area contributed by atoms with Gasteiger partial charge in [-0.05, 0) is 82.7 Å². The lowest BCUT2D eigenvalue weighted by atomic mass is 10.2. The average molecular weight is 498 g/mol. The van der Waals surface area contributed by atoms with Gasteiger partial charge in [0.25, 0.3) is 5.91 Å². The number of hydrogen-bond donors (Lipinski definition) is 1. The fourth-order valence-corrected chi connectivity index (χ4v) is 3.85. The van der Waals surface area contributed by atoms with Crippen molar-refractivity contribution in [3.8, 4) is 11.5 Å². The van der Waals surface area contributed by atoms with Gasteiger partial charge in [-0.25, -0.2) is 4.39 Å². The van der Waals surface area contributed by atoms with Crippen molar-refractivity contribution in [2.75, 3.05) is 6.61 Å². The monoisotopic (exact) mass is 498 g/mol. The molecule has 8 heteroatoms. The highest BCUT2D eigenvalue weighted by Crippen LogP contribution is 2.36. The smallest absolute Gasteiger partial charge is 0.286 e. The summed E-state index contributed by atoms with van der Waals surface area (Å²) in [6.07, 6.45) is 1.73. The zero-order chi connectivity index (χ0) is 19.4. The fourth-order valence-electron chi connectivity index (χ4n) is 2.39. The van der Waals surface area contributed by atoms with Crippen molar-refractivity contribution in [1.29, 1.82) is 0 Å². The minimum Gasteiger partial charge on any atom is -0.490 e. The quantitative estimate of drug-likeness (QED) is 0.474. The van der Waals surface area contributed by atoms with Crippen LogP contribution in [0.15, 0.2) is 46.3 Å². The molecule has 3 rings (SSSR count). The summed E-state index contributed by atoms with van der Waals surface area (Å²) in [6.45, 7) is 2.63. The van der Waals surface area contributed by atoms with Crippen LogP contribution in [-0.2, 0) is 11.4 Å². The fraction of sp³-hybridized carbons (Fsp3) is 0.158. The maximum absolute atomic E-state index is 13.0. The minimum atomic E-state index is -0.345. The Bertz CT molecular complexity index is 929. The summed E-state index contributed by atoms with van der Waals surface area (Å²) in [5.41, 5.74) is 7.22. The first-order chi connectivity index (χ1) is 13.0. The van der Waals surface area contributed by atoms with Gasteiger partial charge in [0.15, 0.2) is 16.7 Å². The molecule has 1 aliphatic heterocycles. The second-order valence-corrected chi connectivity index (χ2v) is 7.77. The standard InChI is InChI=1S/C19H16FIN2O3S/c1-2-25-15-8-12(9-16-18(24)23-19(22)27-16)7-14(21)17(15)26-10-11-3-5-13(20)6-4-11/h3-9H,2,10H2,1H3,(H2,22,23,24)/b16-9+. The van der Waals surface area contributed by atoms with E-state index in [-0.39, 0.29) is 23.5 Å². The zero-order valence-corrected chi connectivity index (χ0v) is 17.3. The summed E-state index contributed by atoms with van der Waals surface area (Å²) in [5.74, 6) is 0.541. The highest BCUT2D eigenvalue weighted by molar-refractivity contribution is 14.1. The molecule has 5 nitrogen and oxygen atoms in total. The van der Waals surface area contributed by atoms with Crippen LogP contribution in [0.2, 0.25) is 0 Å². The number of amides is 1. The van der Waals surface area contributed by atoms with Crippen LogP contribution in [-0.4, -0.2) is 17.7 Å². The molecule has 1 amide bonds. The number of carbonyl (C=O) groups excluding carboxylic acids is 1. The summed E-state index contributed by atoms with van der Waals surface area (Å²) < 4.78 is 25.5. The van der Waals surface area contributed by atoms with Gasteiger partial charge >= 0.3 is 0 Å². The van der Waals surface area contributed by atoms with Crippen LogP contribution >= 0.6 is 34.4 Å². The Morgan fingerprint density at radius 2 is 2.00 bits per heavy atom. The Balaban J connectivity index is 1.85. The summed E-state index contributed by atoms with van der Waals surface area (Å²) in [7, 11) is 0. The van der Waals surface area contributed by atoms with Gasteiger partial charge in [-0.2, -0.15) is 4.99 Å². The van der Waals surface area contributed by atoms with Crippen LogP contribution in [0.4, 0.5) is 4.39 Å². The van der Waals surface area contributed by atoms with Crippen LogP contribution in [0.25, 0.3) is 6.08 Å². The van der Waals surface area contributed by atoms with Crippen molar-refractivity contribution in [3.05, 3.63) is 61.8 Å². The van der Waals surface area contributed by atoms with E-state index in [9.17, 15) is 9.18 Å². The van der Waals surface area contributed by atoms with Crippen molar-refractivity contribution in [1.82, 2.24) is 0 Å². The van der Waals surface area contributed by atoms with Crippen LogP contribution in [0.1, 0.15) is 18.1 Å². The molecule has 27 heavy (non-hydrogen) atoms. The summed E-state index contributed by atoms with van der Waals surface area (Å²) in [6, 6.07) is 9.83. The number of benzene rings is 2. The first-order valence-electron chi connectivity index (χ1n) is 8.08. The molecule has 0 saturated carbocycles. The van der Waals surface area contributed by atoms with E-state index in [1.807, 2.05) is 13.0 Å². The number of nitrogens with two attached hydrogens (primary N) is 1. The van der Waals surface area contributed by atoms with Crippen LogP contribution in [0.3, 0.4) is 0 Å². The molecule has 0 aromatic heterocycles. The van der Waals surface area contributed by atoms with E-state index in [1.54, 1.807) is 24.3 Å².